The number of hydrogen-bond acceptors (Lipinski definition) is 3. The van der Waals surface area contributed by atoms with Gasteiger partial charge in [-0.3, -0.25) is 14.4 Å². The van der Waals surface area contributed by atoms with E-state index in [0.717, 1.165) is 16.5 Å². The molecule has 0 spiro atoms. The molecule has 7 heteroatoms. The van der Waals surface area contributed by atoms with E-state index in [1.165, 1.54) is 4.90 Å². The standard InChI is InChI=1S/C28H34FN3O3/c1-4-22(29)16-17-28(27(35)32(5-2)6-3,26(34)20-12-8-7-9-13-20)31-25(33)18-21-19-30-24-15-11-10-14-23(21)24/h7-15,19,22,30H,4-6,16-18H2,1-3H3,(H,31,33). The van der Waals surface area contributed by atoms with Crippen LogP contribution in [0, 0.1) is 0 Å². The van der Waals surface area contributed by atoms with Crippen molar-refractivity contribution in [3.8, 4) is 0 Å². The lowest BCUT2D eigenvalue weighted by atomic mass is 9.82. The van der Waals surface area contributed by atoms with Crippen molar-refractivity contribution < 1.29 is 18.8 Å². The van der Waals surface area contributed by atoms with Gasteiger partial charge in [0.1, 0.15) is 0 Å². The van der Waals surface area contributed by atoms with Gasteiger partial charge in [0.05, 0.1) is 12.6 Å². The van der Waals surface area contributed by atoms with Crippen molar-refractivity contribution in [3.05, 3.63) is 71.9 Å². The fourth-order valence-corrected chi connectivity index (χ4v) is 4.42. The topological polar surface area (TPSA) is 82.3 Å². The summed E-state index contributed by atoms with van der Waals surface area (Å²) in [6.45, 7) is 6.08. The number of carbonyl (C=O) groups excluding carboxylic acids is 3. The van der Waals surface area contributed by atoms with Crippen LogP contribution in [0.1, 0.15) is 56.0 Å². The predicted molar refractivity (Wildman–Crippen MR) is 136 cm³/mol. The second kappa shape index (κ2) is 11.8. The molecule has 3 rings (SSSR count). The molecule has 2 amide bonds. The molecule has 2 N–H and O–H groups in total. The highest BCUT2D eigenvalue weighted by Crippen LogP contribution is 2.26. The van der Waals surface area contributed by atoms with Gasteiger partial charge in [-0.2, -0.15) is 0 Å². The first-order chi connectivity index (χ1) is 16.9. The summed E-state index contributed by atoms with van der Waals surface area (Å²) in [7, 11) is 0. The smallest absolute Gasteiger partial charge is 0.256 e. The number of nitrogens with one attached hydrogen (secondary N) is 2. The summed E-state index contributed by atoms with van der Waals surface area (Å²) in [6.07, 6.45) is 0.671. The Hall–Kier alpha value is -3.48. The minimum atomic E-state index is -1.89. The zero-order chi connectivity index (χ0) is 25.4. The van der Waals surface area contributed by atoms with Crippen LogP contribution in [-0.2, 0) is 16.0 Å². The van der Waals surface area contributed by atoms with Gasteiger partial charge in [-0.1, -0.05) is 55.5 Å². The Bertz CT molecular complexity index is 1160. The quantitative estimate of drug-likeness (QED) is 0.288. The van der Waals surface area contributed by atoms with E-state index in [1.54, 1.807) is 43.5 Å². The second-order valence-electron chi connectivity index (χ2n) is 8.71. The highest BCUT2D eigenvalue weighted by atomic mass is 19.1. The van der Waals surface area contributed by atoms with Gasteiger partial charge in [-0.15, -0.1) is 0 Å². The number of fused-ring (bicyclic) bond motifs is 1. The number of carbonyl (C=O) groups is 3. The van der Waals surface area contributed by atoms with Crippen LogP contribution in [0.3, 0.4) is 0 Å². The van der Waals surface area contributed by atoms with E-state index in [1.807, 2.05) is 38.1 Å². The number of likely N-dealkylation sites (N-methyl/N-ethyl adjacent to an activating group) is 1. The minimum absolute atomic E-state index is 0.0184. The maximum atomic E-state index is 14.4. The van der Waals surface area contributed by atoms with Crippen molar-refractivity contribution in [2.24, 2.45) is 0 Å². The minimum Gasteiger partial charge on any atom is -0.361 e. The molecule has 1 aromatic heterocycles. The van der Waals surface area contributed by atoms with Crippen LogP contribution in [-0.4, -0.2) is 52.3 Å². The molecule has 186 valence electrons. The molecule has 2 unspecified atom stereocenters. The molecule has 0 aliphatic carbocycles. The first-order valence-electron chi connectivity index (χ1n) is 12.3. The normalized spacial score (nSPS) is 13.7. The maximum absolute atomic E-state index is 14.4. The lowest BCUT2D eigenvalue weighted by Crippen LogP contribution is -2.64. The van der Waals surface area contributed by atoms with Crippen LogP contribution in [0.2, 0.25) is 0 Å². The number of aromatic nitrogens is 1. The predicted octanol–water partition coefficient (Wildman–Crippen LogP) is 4.85. The number of halogens is 1. The summed E-state index contributed by atoms with van der Waals surface area (Å²) in [5.41, 5.74) is 0.0545. The fourth-order valence-electron chi connectivity index (χ4n) is 4.42. The third kappa shape index (κ3) is 5.78. The number of amides is 2. The van der Waals surface area contributed by atoms with Gasteiger partial charge in [-0.05, 0) is 44.7 Å². The van der Waals surface area contributed by atoms with Crippen molar-refractivity contribution >= 4 is 28.5 Å². The lowest BCUT2D eigenvalue weighted by molar-refractivity contribution is -0.139. The fraction of sp³-hybridized carbons (Fsp3) is 0.393. The molecule has 1 heterocycles. The molecule has 6 nitrogen and oxygen atoms in total. The van der Waals surface area contributed by atoms with Crippen LogP contribution in [0.4, 0.5) is 4.39 Å². The van der Waals surface area contributed by atoms with E-state index < -0.39 is 29.3 Å². The Kier molecular flexibility index (Phi) is 8.79. The van der Waals surface area contributed by atoms with Crippen molar-refractivity contribution in [3.63, 3.8) is 0 Å². The number of nitrogens with zero attached hydrogens (tertiary/aromatic N) is 1. The van der Waals surface area contributed by atoms with Gasteiger partial charge in [0.15, 0.2) is 11.3 Å². The van der Waals surface area contributed by atoms with Crippen molar-refractivity contribution in [2.75, 3.05) is 13.1 Å². The van der Waals surface area contributed by atoms with Crippen molar-refractivity contribution in [1.29, 1.82) is 0 Å². The van der Waals surface area contributed by atoms with Crippen LogP contribution >= 0.6 is 0 Å². The Morgan fingerprint density at radius 3 is 2.31 bits per heavy atom. The maximum Gasteiger partial charge on any atom is 0.256 e. The third-order valence-corrected chi connectivity index (χ3v) is 6.49. The molecular formula is C28H34FN3O3. The molecule has 0 aliphatic heterocycles. The summed E-state index contributed by atoms with van der Waals surface area (Å²) in [6, 6.07) is 16.0. The number of ketones is 1. The van der Waals surface area contributed by atoms with Gasteiger partial charge in [0, 0.05) is 35.8 Å². The largest absolute Gasteiger partial charge is 0.361 e. The summed E-state index contributed by atoms with van der Waals surface area (Å²) in [4.78, 5) is 45.8. The van der Waals surface area contributed by atoms with Crippen LogP contribution < -0.4 is 5.32 Å². The molecule has 0 aliphatic rings. The highest BCUT2D eigenvalue weighted by molar-refractivity contribution is 6.19. The first-order valence-corrected chi connectivity index (χ1v) is 12.3. The third-order valence-electron chi connectivity index (χ3n) is 6.49. The molecule has 0 saturated heterocycles. The molecule has 0 fully saturated rings. The van der Waals surface area contributed by atoms with Crippen molar-refractivity contribution in [1.82, 2.24) is 15.2 Å². The number of benzene rings is 2. The lowest BCUT2D eigenvalue weighted by Gasteiger charge is -2.36. The van der Waals surface area contributed by atoms with Gasteiger partial charge in [0.2, 0.25) is 5.91 Å². The number of aromatic amines is 1. The second-order valence-corrected chi connectivity index (χ2v) is 8.71. The van der Waals surface area contributed by atoms with E-state index in [0.29, 0.717) is 18.7 Å². The summed E-state index contributed by atoms with van der Waals surface area (Å²) in [5.74, 6) is -1.50. The van der Waals surface area contributed by atoms with Gasteiger partial charge >= 0.3 is 0 Å². The van der Waals surface area contributed by atoms with Gasteiger partial charge < -0.3 is 15.2 Å². The van der Waals surface area contributed by atoms with E-state index in [9.17, 15) is 18.8 Å². The van der Waals surface area contributed by atoms with Gasteiger partial charge in [0.25, 0.3) is 5.91 Å². The zero-order valence-electron chi connectivity index (χ0n) is 20.6. The van der Waals surface area contributed by atoms with E-state index in [2.05, 4.69) is 10.3 Å². The zero-order valence-corrected chi connectivity index (χ0v) is 20.6. The average Bonchev–Trinajstić information content (AvgIpc) is 3.29. The summed E-state index contributed by atoms with van der Waals surface area (Å²) < 4.78 is 14.4. The number of para-hydroxylation sites is 1. The number of H-pyrrole nitrogens is 1. The first kappa shape index (κ1) is 26.1. The van der Waals surface area contributed by atoms with E-state index >= 15 is 0 Å². The van der Waals surface area contributed by atoms with Crippen LogP contribution in [0.25, 0.3) is 10.9 Å². The Morgan fingerprint density at radius 2 is 1.66 bits per heavy atom. The molecule has 35 heavy (non-hydrogen) atoms. The number of hydrogen-bond donors (Lipinski definition) is 2. The molecule has 0 saturated carbocycles. The van der Waals surface area contributed by atoms with Crippen LogP contribution in [0.15, 0.2) is 60.8 Å². The Morgan fingerprint density at radius 1 is 1.00 bits per heavy atom. The average molecular weight is 480 g/mol. The van der Waals surface area contributed by atoms with E-state index in [-0.39, 0.29) is 25.7 Å². The van der Waals surface area contributed by atoms with E-state index in [4.69, 9.17) is 0 Å². The highest BCUT2D eigenvalue weighted by Gasteiger charge is 2.49. The van der Waals surface area contributed by atoms with Crippen LogP contribution in [0.5, 0.6) is 0 Å². The van der Waals surface area contributed by atoms with Crippen molar-refractivity contribution in [2.45, 2.75) is 58.2 Å². The Labute approximate surface area is 205 Å². The number of Topliss-reactive ketones (excluding diaryl/α,β-unsaturated/α-hetero) is 1. The monoisotopic (exact) mass is 479 g/mol. The SMILES string of the molecule is CCC(F)CCC(NC(=O)Cc1c[nH]c2ccccc12)(C(=O)c1ccccc1)C(=O)N(CC)CC. The molecular weight excluding hydrogens is 445 g/mol. The molecule has 2 aromatic carbocycles. The Balaban J connectivity index is 2.03. The number of alkyl halides is 1. The number of rotatable bonds is 12. The van der Waals surface area contributed by atoms with Gasteiger partial charge in [-0.25, -0.2) is 4.39 Å². The summed E-state index contributed by atoms with van der Waals surface area (Å²) in [5, 5.41) is 3.70. The molecule has 0 radical (unpaired) electrons. The molecule has 0 bridgehead atoms. The molecule has 2 atom stereocenters. The summed E-state index contributed by atoms with van der Waals surface area (Å²) >= 11 is 0. The molecule has 3 aromatic rings.